The Morgan fingerprint density at radius 3 is 1.43 bits per heavy atom. The molecule has 8 aromatic carbocycles. The fourth-order valence-corrected chi connectivity index (χ4v) is 14.4. The highest BCUT2D eigenvalue weighted by Gasteiger charge is 2.52. The summed E-state index contributed by atoms with van der Waals surface area (Å²) in [5.74, 6) is 0. The zero-order valence-corrected chi connectivity index (χ0v) is 38.3. The number of hydrogen-bond acceptors (Lipinski definition) is 5. The summed E-state index contributed by atoms with van der Waals surface area (Å²) in [6, 6.07) is 79.5. The van der Waals surface area contributed by atoms with E-state index < -0.39 is 8.07 Å². The molecule has 10 aromatic rings. The van der Waals surface area contributed by atoms with E-state index >= 15 is 0 Å². The molecule has 13 rings (SSSR count). The molecule has 0 saturated carbocycles. The normalized spacial score (nSPS) is 13.6. The van der Waals surface area contributed by atoms with Gasteiger partial charge in [0.05, 0.1) is 28.5 Å². The molecule has 3 aliphatic heterocycles. The average molecular weight is 874 g/mol. The predicted octanol–water partition coefficient (Wildman–Crippen LogP) is 12.2. The van der Waals surface area contributed by atoms with Crippen LogP contribution in [-0.2, 0) is 0 Å². The van der Waals surface area contributed by atoms with Crippen molar-refractivity contribution in [3.8, 4) is 33.6 Å². The molecule has 0 N–H and O–H groups in total. The highest BCUT2D eigenvalue weighted by molar-refractivity contribution is 7.16. The molecule has 67 heavy (non-hydrogen) atoms. The molecule has 0 bridgehead atoms. The summed E-state index contributed by atoms with van der Waals surface area (Å²) >= 11 is 0. The first-order chi connectivity index (χ1) is 33.0. The maximum absolute atomic E-state index is 5.12. The highest BCUT2D eigenvalue weighted by Crippen LogP contribution is 2.51. The largest absolute Gasteiger partial charge is 0.311 e. The van der Waals surface area contributed by atoms with Crippen molar-refractivity contribution in [2.24, 2.45) is 0 Å². The topological polar surface area (TPSA) is 35.5 Å². The van der Waals surface area contributed by atoms with Crippen LogP contribution in [0.1, 0.15) is 0 Å². The minimum atomic E-state index is -2.28. The second-order valence-corrected chi connectivity index (χ2v) is 22.5. The third-order valence-electron chi connectivity index (χ3n) is 14.1. The van der Waals surface area contributed by atoms with Gasteiger partial charge in [0.2, 0.25) is 0 Å². The van der Waals surface area contributed by atoms with Crippen molar-refractivity contribution in [3.05, 3.63) is 231 Å². The van der Waals surface area contributed by atoms with Gasteiger partial charge in [0, 0.05) is 57.6 Å². The number of para-hydroxylation sites is 4. The van der Waals surface area contributed by atoms with Crippen LogP contribution >= 0.6 is 0 Å². The van der Waals surface area contributed by atoms with E-state index in [0.717, 1.165) is 73.5 Å². The van der Waals surface area contributed by atoms with Crippen LogP contribution in [-0.4, -0.2) is 24.8 Å². The molecule has 5 heterocycles. The Morgan fingerprint density at radius 2 is 0.866 bits per heavy atom. The van der Waals surface area contributed by atoms with Crippen molar-refractivity contribution in [1.82, 2.24) is 9.97 Å². The first-order valence-electron chi connectivity index (χ1n) is 23.1. The fourth-order valence-electron chi connectivity index (χ4n) is 11.2. The molecule has 0 fully saturated rings. The van der Waals surface area contributed by atoms with Crippen molar-refractivity contribution < 1.29 is 0 Å². The van der Waals surface area contributed by atoms with E-state index in [-0.39, 0.29) is 6.71 Å². The van der Waals surface area contributed by atoms with E-state index in [9.17, 15) is 0 Å². The zero-order valence-electron chi connectivity index (χ0n) is 37.3. The van der Waals surface area contributed by atoms with Crippen LogP contribution in [0.25, 0.3) is 33.6 Å². The molecule has 0 saturated heterocycles. The van der Waals surface area contributed by atoms with Gasteiger partial charge in [-0.05, 0) is 112 Å². The number of aromatic nitrogens is 2. The van der Waals surface area contributed by atoms with Crippen LogP contribution < -0.4 is 41.5 Å². The molecule has 0 spiro atoms. The number of pyridine rings is 2. The summed E-state index contributed by atoms with van der Waals surface area (Å²) in [4.78, 5) is 17.6. The number of rotatable bonds is 8. The first kappa shape index (κ1) is 39.1. The van der Waals surface area contributed by atoms with Crippen molar-refractivity contribution in [1.29, 1.82) is 0 Å². The van der Waals surface area contributed by atoms with Crippen molar-refractivity contribution in [2.45, 2.75) is 13.1 Å². The van der Waals surface area contributed by atoms with Gasteiger partial charge in [-0.2, -0.15) is 0 Å². The van der Waals surface area contributed by atoms with Gasteiger partial charge in [0.15, 0.2) is 0 Å². The third kappa shape index (κ3) is 6.08. The van der Waals surface area contributed by atoms with Crippen LogP contribution in [0.2, 0.25) is 13.1 Å². The summed E-state index contributed by atoms with van der Waals surface area (Å²) in [5, 5.41) is 2.98. The van der Waals surface area contributed by atoms with Gasteiger partial charge in [-0.3, -0.25) is 9.97 Å². The summed E-state index contributed by atoms with van der Waals surface area (Å²) in [7, 11) is -2.28. The summed E-state index contributed by atoms with van der Waals surface area (Å²) in [5.41, 5.74) is 20.6. The number of benzene rings is 8. The van der Waals surface area contributed by atoms with E-state index in [2.05, 4.69) is 240 Å². The molecule has 0 amide bonds. The van der Waals surface area contributed by atoms with Crippen molar-refractivity contribution in [2.75, 3.05) is 14.7 Å². The molecule has 0 aliphatic carbocycles. The van der Waals surface area contributed by atoms with Crippen molar-refractivity contribution in [3.63, 3.8) is 0 Å². The maximum atomic E-state index is 5.12. The van der Waals surface area contributed by atoms with Gasteiger partial charge in [-0.1, -0.05) is 157 Å². The second-order valence-electron chi connectivity index (χ2n) is 18.2. The van der Waals surface area contributed by atoms with Crippen LogP contribution in [0.3, 0.4) is 0 Å². The lowest BCUT2D eigenvalue weighted by atomic mass is 9.33. The van der Waals surface area contributed by atoms with Crippen LogP contribution in [0.5, 0.6) is 0 Å². The molecule has 0 atom stereocenters. The second kappa shape index (κ2) is 15.4. The Morgan fingerprint density at radius 1 is 0.373 bits per heavy atom. The van der Waals surface area contributed by atoms with E-state index in [0.29, 0.717) is 0 Å². The number of nitrogens with zero attached hydrogens (tertiary/aromatic N) is 5. The lowest BCUT2D eigenvalue weighted by molar-refractivity contribution is 1.22. The van der Waals surface area contributed by atoms with Crippen LogP contribution in [0.15, 0.2) is 231 Å². The van der Waals surface area contributed by atoms with Gasteiger partial charge < -0.3 is 14.7 Å². The lowest BCUT2D eigenvalue weighted by Crippen LogP contribution is -2.79. The van der Waals surface area contributed by atoms with E-state index in [1.807, 2.05) is 18.5 Å². The summed E-state index contributed by atoms with van der Waals surface area (Å²) in [6.45, 7) is 5.10. The third-order valence-corrected chi connectivity index (χ3v) is 17.7. The quantitative estimate of drug-likeness (QED) is 0.142. The molecule has 0 radical (unpaired) electrons. The molecular formula is C60H44BN5Si. The zero-order chi connectivity index (χ0) is 44.6. The Balaban J connectivity index is 1.16. The van der Waals surface area contributed by atoms with Crippen LogP contribution in [0, 0.1) is 0 Å². The van der Waals surface area contributed by atoms with E-state index in [4.69, 9.17) is 9.97 Å². The van der Waals surface area contributed by atoms with Crippen molar-refractivity contribution >= 4 is 92.7 Å². The highest BCUT2D eigenvalue weighted by atomic mass is 28.3. The molecule has 5 nitrogen and oxygen atoms in total. The molecular weight excluding hydrogens is 830 g/mol. The molecule has 7 heteroatoms. The minimum Gasteiger partial charge on any atom is -0.311 e. The summed E-state index contributed by atoms with van der Waals surface area (Å²) < 4.78 is 0. The summed E-state index contributed by atoms with van der Waals surface area (Å²) in [6.07, 6.45) is 3.85. The Hall–Kier alpha value is -8.26. The minimum absolute atomic E-state index is 0.0140. The fraction of sp³-hybridized carbons (Fsp3) is 0.0333. The monoisotopic (exact) mass is 873 g/mol. The Kier molecular flexibility index (Phi) is 9.02. The standard InChI is InChI=1S/C60H44BN5Si/c1-67(2)56-33-18-31-52-59(56)61-58-54(65(52)50-29-14-12-26-46(50)48-28-16-17-36-62-48)39-45(64(43-22-8-4-9-23-43)44-24-10-5-11-25-44)40-55(58)66(53-32-19-34-57(67)60(53)61)51-30-15-13-27-47(51)49-38-42(35-37-63-49)41-20-6-3-7-21-41/h3-40H,1-2H3. The number of hydrogen-bond donors (Lipinski definition) is 0. The SMILES string of the molecule is C[Si]1(C)c2cccc3c2B2c4c(cc(N(c5ccccc5)c5ccccc5)cc4N(c4ccccc4-c4cc(-c5ccccc5)ccn4)c4cccc1c42)N3c1ccccc1-c1ccccn1. The van der Waals surface area contributed by atoms with Crippen LogP contribution in [0.4, 0.5) is 51.2 Å². The Bertz CT molecular complexity index is 3490. The molecule has 3 aliphatic rings. The van der Waals surface area contributed by atoms with Gasteiger partial charge in [-0.25, -0.2) is 0 Å². The van der Waals surface area contributed by atoms with Gasteiger partial charge in [-0.15, -0.1) is 0 Å². The van der Waals surface area contributed by atoms with Gasteiger partial charge in [0.1, 0.15) is 8.07 Å². The predicted molar refractivity (Wildman–Crippen MR) is 284 cm³/mol. The van der Waals surface area contributed by atoms with Gasteiger partial charge in [0.25, 0.3) is 6.71 Å². The van der Waals surface area contributed by atoms with Gasteiger partial charge >= 0.3 is 0 Å². The molecule has 2 aromatic heterocycles. The van der Waals surface area contributed by atoms with E-state index in [1.54, 1.807) is 0 Å². The lowest BCUT2D eigenvalue weighted by Gasteiger charge is -2.50. The smallest absolute Gasteiger partial charge is 0.251 e. The van der Waals surface area contributed by atoms with E-state index in [1.165, 1.54) is 38.1 Å². The average Bonchev–Trinajstić information content (AvgIpc) is 3.39. The molecule has 0 unspecified atom stereocenters. The maximum Gasteiger partial charge on any atom is 0.251 e. The first-order valence-corrected chi connectivity index (χ1v) is 26.1. The molecule has 316 valence electrons. The number of anilines is 9. The Labute approximate surface area is 393 Å².